The summed E-state index contributed by atoms with van der Waals surface area (Å²) in [6, 6.07) is 4.00. The number of ether oxygens (including phenoxy) is 1. The minimum Gasteiger partial charge on any atom is -0.379 e. The molecule has 0 saturated carbocycles. The van der Waals surface area contributed by atoms with Crippen LogP contribution in [0.25, 0.3) is 11.2 Å². The molecule has 0 saturated heterocycles. The van der Waals surface area contributed by atoms with Crippen molar-refractivity contribution < 1.29 is 4.74 Å². The molecule has 1 atom stereocenters. The monoisotopic (exact) mass is 309 g/mol. The highest BCUT2D eigenvalue weighted by Gasteiger charge is 2.15. The Labute approximate surface area is 131 Å². The molecule has 0 spiro atoms. The number of alkyl halides is 1. The average Bonchev–Trinajstić information content (AvgIpc) is 2.76. The molecule has 0 aliphatic heterocycles. The molecule has 4 nitrogen and oxygen atoms in total. The van der Waals surface area contributed by atoms with Crippen LogP contribution in [0.15, 0.2) is 12.1 Å². The number of hydrogen-bond acceptors (Lipinski definition) is 3. The molecule has 2 rings (SSSR count). The third-order valence-electron chi connectivity index (χ3n) is 3.34. The van der Waals surface area contributed by atoms with Crippen LogP contribution in [-0.4, -0.2) is 27.2 Å². The van der Waals surface area contributed by atoms with Crippen LogP contribution in [0.3, 0.4) is 0 Å². The molecule has 0 aromatic carbocycles. The van der Waals surface area contributed by atoms with Crippen LogP contribution >= 0.6 is 11.6 Å². The van der Waals surface area contributed by atoms with E-state index >= 15 is 0 Å². The molecule has 0 aliphatic carbocycles. The molecule has 116 valence electrons. The lowest BCUT2D eigenvalue weighted by atomic mass is 10.3. The number of rotatable bonds is 7. The maximum atomic E-state index is 6.27. The number of halogens is 1. The topological polar surface area (TPSA) is 39.9 Å². The SMILES string of the molecule is Cc1ccc2nc(C(C)Cl)n(CCCCOC(C)C)c2n1. The lowest BCUT2D eigenvalue weighted by Crippen LogP contribution is -2.08. The predicted octanol–water partition coefficient (Wildman–Crippen LogP) is 4.24. The quantitative estimate of drug-likeness (QED) is 0.567. The maximum absolute atomic E-state index is 6.27. The third kappa shape index (κ3) is 4.17. The number of aromatic nitrogens is 3. The van der Waals surface area contributed by atoms with Crippen molar-refractivity contribution >= 4 is 22.8 Å². The number of nitrogens with zero attached hydrogens (tertiary/aromatic N) is 3. The number of pyridine rings is 1. The fourth-order valence-electron chi connectivity index (χ4n) is 2.33. The Bertz CT molecular complexity index is 592. The summed E-state index contributed by atoms with van der Waals surface area (Å²) >= 11 is 6.27. The molecule has 2 aromatic heterocycles. The number of imidazole rings is 1. The van der Waals surface area contributed by atoms with Crippen molar-refractivity contribution in [2.24, 2.45) is 0 Å². The fraction of sp³-hybridized carbons (Fsp3) is 0.625. The van der Waals surface area contributed by atoms with E-state index in [2.05, 4.69) is 28.4 Å². The Morgan fingerprint density at radius 2 is 1.95 bits per heavy atom. The second-order valence-corrected chi connectivity index (χ2v) is 6.31. The molecule has 2 heterocycles. The molecule has 0 radical (unpaired) electrons. The summed E-state index contributed by atoms with van der Waals surface area (Å²) in [6.45, 7) is 9.74. The summed E-state index contributed by atoms with van der Waals surface area (Å²) < 4.78 is 7.73. The molecule has 1 unspecified atom stereocenters. The molecular weight excluding hydrogens is 286 g/mol. The van der Waals surface area contributed by atoms with Crippen LogP contribution in [0, 0.1) is 6.92 Å². The van der Waals surface area contributed by atoms with Gasteiger partial charge in [0.05, 0.1) is 11.5 Å². The van der Waals surface area contributed by atoms with Crippen molar-refractivity contribution in [3.05, 3.63) is 23.7 Å². The first-order valence-electron chi connectivity index (χ1n) is 7.58. The highest BCUT2D eigenvalue weighted by Crippen LogP contribution is 2.24. The Balaban J connectivity index is 2.12. The van der Waals surface area contributed by atoms with Crippen LogP contribution in [0.1, 0.15) is 50.5 Å². The summed E-state index contributed by atoms with van der Waals surface area (Å²) in [5.74, 6) is 0.898. The summed E-state index contributed by atoms with van der Waals surface area (Å²) in [5.41, 5.74) is 2.85. The first kappa shape index (κ1) is 16.2. The van der Waals surface area contributed by atoms with E-state index in [1.54, 1.807) is 0 Å². The smallest absolute Gasteiger partial charge is 0.160 e. The molecule has 0 amide bonds. The summed E-state index contributed by atoms with van der Waals surface area (Å²) in [6.07, 6.45) is 2.35. The van der Waals surface area contributed by atoms with Gasteiger partial charge in [-0.3, -0.25) is 0 Å². The first-order valence-corrected chi connectivity index (χ1v) is 8.02. The lowest BCUT2D eigenvalue weighted by molar-refractivity contribution is 0.0754. The molecule has 2 aromatic rings. The van der Waals surface area contributed by atoms with Gasteiger partial charge in [0.15, 0.2) is 5.65 Å². The van der Waals surface area contributed by atoms with Gasteiger partial charge in [-0.2, -0.15) is 0 Å². The first-order chi connectivity index (χ1) is 9.99. The van der Waals surface area contributed by atoms with Crippen LogP contribution in [0.2, 0.25) is 0 Å². The van der Waals surface area contributed by atoms with Gasteiger partial charge in [0.1, 0.15) is 11.3 Å². The van der Waals surface area contributed by atoms with E-state index in [1.165, 1.54) is 0 Å². The van der Waals surface area contributed by atoms with Crippen LogP contribution < -0.4 is 0 Å². The van der Waals surface area contributed by atoms with Crippen LogP contribution in [0.4, 0.5) is 0 Å². The zero-order valence-corrected chi connectivity index (χ0v) is 14.0. The van der Waals surface area contributed by atoms with Gasteiger partial charge in [-0.15, -0.1) is 11.6 Å². The van der Waals surface area contributed by atoms with Crippen LogP contribution in [-0.2, 0) is 11.3 Å². The van der Waals surface area contributed by atoms with Gasteiger partial charge < -0.3 is 9.30 Å². The Morgan fingerprint density at radius 1 is 1.19 bits per heavy atom. The van der Waals surface area contributed by atoms with E-state index in [9.17, 15) is 0 Å². The van der Waals surface area contributed by atoms with Crippen molar-refractivity contribution in [1.29, 1.82) is 0 Å². The second kappa shape index (κ2) is 7.23. The van der Waals surface area contributed by atoms with E-state index in [0.717, 1.165) is 48.7 Å². The summed E-state index contributed by atoms with van der Waals surface area (Å²) in [7, 11) is 0. The number of aryl methyl sites for hydroxylation is 2. The minimum absolute atomic E-state index is 0.119. The van der Waals surface area contributed by atoms with Gasteiger partial charge in [-0.25, -0.2) is 9.97 Å². The summed E-state index contributed by atoms with van der Waals surface area (Å²) in [5, 5.41) is -0.119. The van der Waals surface area contributed by atoms with E-state index in [4.69, 9.17) is 16.3 Å². The summed E-state index contributed by atoms with van der Waals surface area (Å²) in [4.78, 5) is 9.23. The fourth-order valence-corrected chi connectivity index (χ4v) is 2.50. The third-order valence-corrected chi connectivity index (χ3v) is 3.54. The zero-order valence-electron chi connectivity index (χ0n) is 13.3. The van der Waals surface area contributed by atoms with Gasteiger partial charge >= 0.3 is 0 Å². The van der Waals surface area contributed by atoms with Gasteiger partial charge in [0.25, 0.3) is 0 Å². The normalized spacial score (nSPS) is 13.2. The molecule has 0 aliphatic rings. The number of fused-ring (bicyclic) bond motifs is 1. The highest BCUT2D eigenvalue weighted by atomic mass is 35.5. The highest BCUT2D eigenvalue weighted by molar-refractivity contribution is 6.20. The minimum atomic E-state index is -0.119. The van der Waals surface area contributed by atoms with Gasteiger partial charge in [-0.1, -0.05) is 0 Å². The van der Waals surface area contributed by atoms with E-state index < -0.39 is 0 Å². The van der Waals surface area contributed by atoms with Crippen molar-refractivity contribution in [2.75, 3.05) is 6.61 Å². The van der Waals surface area contributed by atoms with Gasteiger partial charge in [-0.05, 0) is 52.7 Å². The van der Waals surface area contributed by atoms with Crippen molar-refractivity contribution in [1.82, 2.24) is 14.5 Å². The van der Waals surface area contributed by atoms with E-state index in [-0.39, 0.29) is 5.38 Å². The van der Waals surface area contributed by atoms with E-state index in [0.29, 0.717) is 6.10 Å². The molecule has 0 N–H and O–H groups in total. The predicted molar refractivity (Wildman–Crippen MR) is 86.9 cm³/mol. The second-order valence-electron chi connectivity index (χ2n) is 5.66. The van der Waals surface area contributed by atoms with Crippen molar-refractivity contribution in [2.45, 2.75) is 58.6 Å². The number of hydrogen-bond donors (Lipinski definition) is 0. The van der Waals surface area contributed by atoms with Crippen LogP contribution in [0.5, 0.6) is 0 Å². The van der Waals surface area contributed by atoms with Crippen molar-refractivity contribution in [3.8, 4) is 0 Å². The average molecular weight is 310 g/mol. The standard InChI is InChI=1S/C16H24ClN3O/c1-11(2)21-10-6-5-9-20-15(13(4)17)19-14-8-7-12(3)18-16(14)20/h7-8,11,13H,5-6,9-10H2,1-4H3. The molecule has 21 heavy (non-hydrogen) atoms. The molecule has 0 fully saturated rings. The zero-order chi connectivity index (χ0) is 15.4. The lowest BCUT2D eigenvalue weighted by Gasteiger charge is -2.11. The Morgan fingerprint density at radius 3 is 2.62 bits per heavy atom. The Hall–Kier alpha value is -1.13. The van der Waals surface area contributed by atoms with E-state index in [1.807, 2.05) is 26.0 Å². The van der Waals surface area contributed by atoms with Gasteiger partial charge in [0.2, 0.25) is 0 Å². The Kier molecular flexibility index (Phi) is 5.59. The molecule has 5 heteroatoms. The maximum Gasteiger partial charge on any atom is 0.160 e. The molecular formula is C16H24ClN3O. The van der Waals surface area contributed by atoms with Crippen molar-refractivity contribution in [3.63, 3.8) is 0 Å². The number of unbranched alkanes of at least 4 members (excludes halogenated alkanes) is 1. The molecule has 0 bridgehead atoms. The van der Waals surface area contributed by atoms with Gasteiger partial charge in [0, 0.05) is 18.8 Å². The largest absolute Gasteiger partial charge is 0.379 e.